The smallest absolute Gasteiger partial charge is 0.146 e. The molecule has 4 heteroatoms. The van der Waals surface area contributed by atoms with E-state index in [0.29, 0.717) is 6.42 Å². The lowest BCUT2D eigenvalue weighted by Crippen LogP contribution is -2.31. The summed E-state index contributed by atoms with van der Waals surface area (Å²) in [6, 6.07) is 0. The third-order valence-electron chi connectivity index (χ3n) is 5.31. The number of unbranched alkanes of at least 4 members (excludes halogenated alkanes) is 12. The molecule has 3 nitrogen and oxygen atoms in total. The average Bonchev–Trinajstić information content (AvgIpc) is 3.33. The lowest BCUT2D eigenvalue weighted by atomic mass is 9.95. The molecule has 1 rings (SSSR count). The van der Waals surface area contributed by atoms with Crippen molar-refractivity contribution in [1.29, 1.82) is 5.41 Å². The van der Waals surface area contributed by atoms with E-state index in [9.17, 15) is 4.79 Å². The van der Waals surface area contributed by atoms with Crippen LogP contribution in [0.3, 0.4) is 0 Å². The Morgan fingerprint density at radius 3 is 1.54 bits per heavy atom. The molecule has 0 heterocycles. The first kappa shape index (κ1) is 23.4. The molecule has 1 aliphatic carbocycles. The molecule has 0 amide bonds. The van der Waals surface area contributed by atoms with Gasteiger partial charge in [-0.05, 0) is 19.3 Å². The van der Waals surface area contributed by atoms with Crippen molar-refractivity contribution in [3.05, 3.63) is 0 Å². The molecule has 0 bridgehead atoms. The lowest BCUT2D eigenvalue weighted by Gasteiger charge is -2.11. The quantitative estimate of drug-likeness (QED) is 0.196. The number of nitrogens with two attached hydrogens (primary N) is 1. The zero-order valence-electron chi connectivity index (χ0n) is 15.7. The second kappa shape index (κ2) is 13.7. The molecule has 0 aromatic heterocycles. The molecular weight excluding hydrogens is 320 g/mol. The molecule has 0 radical (unpaired) electrons. The predicted octanol–water partition coefficient (Wildman–Crippen LogP) is 6.17. The summed E-state index contributed by atoms with van der Waals surface area (Å²) in [5, 5.41) is 7.52. The van der Waals surface area contributed by atoms with E-state index < -0.39 is 5.41 Å². The highest BCUT2D eigenvalue weighted by Crippen LogP contribution is 2.47. The fraction of sp³-hybridized carbons (Fsp3) is 0.900. The Balaban J connectivity index is 0.00000529. The Morgan fingerprint density at radius 1 is 0.833 bits per heavy atom. The number of amidine groups is 1. The Hall–Kier alpha value is -0.570. The average molecular weight is 359 g/mol. The third kappa shape index (κ3) is 9.05. The van der Waals surface area contributed by atoms with Gasteiger partial charge < -0.3 is 5.73 Å². The first-order valence-electron chi connectivity index (χ1n) is 10.0. The summed E-state index contributed by atoms with van der Waals surface area (Å²) in [5.41, 5.74) is 5.01. The maximum absolute atomic E-state index is 12.0. The normalized spacial score (nSPS) is 14.9. The zero-order valence-corrected chi connectivity index (χ0v) is 16.5. The van der Waals surface area contributed by atoms with Crippen molar-refractivity contribution in [1.82, 2.24) is 0 Å². The second-order valence-corrected chi connectivity index (χ2v) is 7.41. The van der Waals surface area contributed by atoms with Crippen LogP contribution in [0.1, 0.15) is 110 Å². The number of carbonyl (C=O) groups is 1. The summed E-state index contributed by atoms with van der Waals surface area (Å²) in [4.78, 5) is 12.0. The summed E-state index contributed by atoms with van der Waals surface area (Å²) in [6.45, 7) is 2.27. The van der Waals surface area contributed by atoms with Gasteiger partial charge in [0, 0.05) is 6.42 Å². The molecular formula is C20H39ClN2O. The van der Waals surface area contributed by atoms with E-state index >= 15 is 0 Å². The van der Waals surface area contributed by atoms with E-state index in [0.717, 1.165) is 25.7 Å². The minimum atomic E-state index is -0.531. The number of nitrogens with one attached hydrogen (secondary N) is 1. The number of hydrogen-bond acceptors (Lipinski definition) is 2. The topological polar surface area (TPSA) is 66.9 Å². The summed E-state index contributed by atoms with van der Waals surface area (Å²) < 4.78 is 0. The van der Waals surface area contributed by atoms with Gasteiger partial charge in [-0.3, -0.25) is 10.2 Å². The zero-order chi connectivity index (χ0) is 17.0. The van der Waals surface area contributed by atoms with Crippen LogP contribution in [0.25, 0.3) is 0 Å². The third-order valence-corrected chi connectivity index (χ3v) is 5.31. The van der Waals surface area contributed by atoms with Crippen LogP contribution in [0.5, 0.6) is 0 Å². The van der Waals surface area contributed by atoms with Crippen molar-refractivity contribution >= 4 is 24.0 Å². The fourth-order valence-corrected chi connectivity index (χ4v) is 3.37. The summed E-state index contributed by atoms with van der Waals surface area (Å²) in [6.07, 6.45) is 19.4. The van der Waals surface area contributed by atoms with Crippen LogP contribution in [-0.4, -0.2) is 11.6 Å². The van der Waals surface area contributed by atoms with E-state index in [-0.39, 0.29) is 24.0 Å². The van der Waals surface area contributed by atoms with Crippen LogP contribution in [0, 0.1) is 10.8 Å². The van der Waals surface area contributed by atoms with Crippen LogP contribution in [0.15, 0.2) is 0 Å². The van der Waals surface area contributed by atoms with Crippen molar-refractivity contribution in [3.8, 4) is 0 Å². The number of hydrogen-bond donors (Lipinski definition) is 2. The lowest BCUT2D eigenvalue weighted by molar-refractivity contribution is -0.122. The van der Waals surface area contributed by atoms with E-state index in [1.165, 1.54) is 70.6 Å². The molecule has 0 aromatic rings. The van der Waals surface area contributed by atoms with Gasteiger partial charge >= 0.3 is 0 Å². The van der Waals surface area contributed by atoms with Gasteiger partial charge in [-0.15, -0.1) is 12.4 Å². The molecule has 0 unspecified atom stereocenters. The molecule has 0 aliphatic heterocycles. The standard InChI is InChI=1S/C20H38N2O.ClH/c1-2-3-4-5-6-7-8-9-10-11-12-13-14-15-18(23)20(16-17-20)19(21)22;/h2-17H2,1H3,(H3,21,22);1H. The Morgan fingerprint density at radius 2 is 1.21 bits per heavy atom. The van der Waals surface area contributed by atoms with Crippen molar-refractivity contribution in [2.75, 3.05) is 0 Å². The van der Waals surface area contributed by atoms with Gasteiger partial charge in [0.15, 0.2) is 0 Å². The van der Waals surface area contributed by atoms with Crippen molar-refractivity contribution in [2.24, 2.45) is 11.1 Å². The van der Waals surface area contributed by atoms with Gasteiger partial charge in [-0.1, -0.05) is 84.0 Å². The molecule has 1 saturated carbocycles. The second-order valence-electron chi connectivity index (χ2n) is 7.41. The minimum absolute atomic E-state index is 0. The Kier molecular flexibility index (Phi) is 13.4. The molecule has 3 N–H and O–H groups in total. The number of carbonyl (C=O) groups excluding carboxylic acids is 1. The van der Waals surface area contributed by atoms with Crippen LogP contribution in [-0.2, 0) is 4.79 Å². The van der Waals surface area contributed by atoms with Crippen LogP contribution in [0.2, 0.25) is 0 Å². The molecule has 142 valence electrons. The maximum atomic E-state index is 12.0. The Bertz CT molecular complexity index is 354. The summed E-state index contributed by atoms with van der Waals surface area (Å²) in [5.74, 6) is 0.310. The number of halogens is 1. The molecule has 0 atom stereocenters. The van der Waals surface area contributed by atoms with Crippen molar-refractivity contribution in [3.63, 3.8) is 0 Å². The number of Topliss-reactive ketones (excluding diaryl/α,β-unsaturated/α-hetero) is 1. The highest BCUT2D eigenvalue weighted by atomic mass is 35.5. The van der Waals surface area contributed by atoms with Crippen LogP contribution < -0.4 is 5.73 Å². The fourth-order valence-electron chi connectivity index (χ4n) is 3.37. The molecule has 0 saturated heterocycles. The largest absolute Gasteiger partial charge is 0.387 e. The highest BCUT2D eigenvalue weighted by Gasteiger charge is 2.51. The number of ketones is 1. The van der Waals surface area contributed by atoms with E-state index in [4.69, 9.17) is 11.1 Å². The van der Waals surface area contributed by atoms with Crippen LogP contribution >= 0.6 is 12.4 Å². The monoisotopic (exact) mass is 358 g/mol. The van der Waals surface area contributed by atoms with Crippen LogP contribution in [0.4, 0.5) is 0 Å². The first-order valence-corrected chi connectivity index (χ1v) is 10.0. The highest BCUT2D eigenvalue weighted by molar-refractivity contribution is 6.09. The number of rotatable bonds is 16. The molecule has 0 spiro atoms. The SMILES string of the molecule is CCCCCCCCCCCCCCCC(=O)C1(C(=N)N)CC1.Cl. The van der Waals surface area contributed by atoms with Gasteiger partial charge in [0.1, 0.15) is 11.6 Å². The molecule has 24 heavy (non-hydrogen) atoms. The maximum Gasteiger partial charge on any atom is 0.146 e. The Labute approximate surface area is 155 Å². The van der Waals surface area contributed by atoms with E-state index in [1.54, 1.807) is 0 Å². The molecule has 1 aliphatic rings. The van der Waals surface area contributed by atoms with Gasteiger partial charge in [0.2, 0.25) is 0 Å². The first-order chi connectivity index (χ1) is 11.1. The van der Waals surface area contributed by atoms with Gasteiger partial charge in [-0.25, -0.2) is 0 Å². The summed E-state index contributed by atoms with van der Waals surface area (Å²) >= 11 is 0. The van der Waals surface area contributed by atoms with Crippen molar-refractivity contribution in [2.45, 2.75) is 110 Å². The van der Waals surface area contributed by atoms with Crippen molar-refractivity contribution < 1.29 is 4.79 Å². The summed E-state index contributed by atoms with van der Waals surface area (Å²) in [7, 11) is 0. The van der Waals surface area contributed by atoms with E-state index in [2.05, 4.69) is 6.92 Å². The van der Waals surface area contributed by atoms with Gasteiger partial charge in [0.25, 0.3) is 0 Å². The molecule has 1 fully saturated rings. The predicted molar refractivity (Wildman–Crippen MR) is 106 cm³/mol. The van der Waals surface area contributed by atoms with Gasteiger partial charge in [0.05, 0.1) is 5.41 Å². The minimum Gasteiger partial charge on any atom is -0.387 e. The van der Waals surface area contributed by atoms with Gasteiger partial charge in [-0.2, -0.15) is 0 Å². The van der Waals surface area contributed by atoms with E-state index in [1.807, 2.05) is 0 Å². The molecule has 0 aromatic carbocycles.